The number of aromatic nitrogens is 1. The largest absolute Gasteiger partial charge is 0.543 e. The summed E-state index contributed by atoms with van der Waals surface area (Å²) in [5.74, 6) is -0.678. The normalized spacial score (nSPS) is 10.5. The van der Waals surface area contributed by atoms with Crippen LogP contribution in [-0.2, 0) is 13.0 Å². The smallest absolute Gasteiger partial charge is 0.123 e. The van der Waals surface area contributed by atoms with Crippen LogP contribution < -0.4 is 9.84 Å². The van der Waals surface area contributed by atoms with E-state index < -0.39 is 5.97 Å². The van der Waals surface area contributed by atoms with Gasteiger partial charge in [0.2, 0.25) is 0 Å². The molecule has 3 aromatic rings. The molecule has 0 aliphatic rings. The molecule has 0 unspecified atom stereocenters. The van der Waals surface area contributed by atoms with Crippen molar-refractivity contribution in [3.63, 3.8) is 0 Å². The molecule has 2 aromatic carbocycles. The van der Waals surface area contributed by atoms with Gasteiger partial charge in [-0.15, -0.1) is 0 Å². The second-order valence-electron chi connectivity index (χ2n) is 5.61. The number of ether oxygens (including phenoxy) is 1. The number of carbonyl (C=O) groups is 1. The number of halogens is 2. The van der Waals surface area contributed by atoms with Gasteiger partial charge in [0, 0.05) is 33.3 Å². The van der Waals surface area contributed by atoms with Gasteiger partial charge < -0.3 is 14.6 Å². The van der Waals surface area contributed by atoms with Gasteiger partial charge in [-0.3, -0.25) is 4.98 Å². The third-order valence-electron chi connectivity index (χ3n) is 3.75. The molecule has 0 N–H and O–H groups in total. The molecule has 0 spiro atoms. The van der Waals surface area contributed by atoms with Crippen LogP contribution in [0.1, 0.15) is 27.3 Å². The highest BCUT2D eigenvalue weighted by Crippen LogP contribution is 2.27. The molecule has 0 aliphatic carbocycles. The minimum Gasteiger partial charge on any atom is -0.543 e. The van der Waals surface area contributed by atoms with Crippen LogP contribution in [0.25, 0.3) is 0 Å². The van der Waals surface area contributed by atoms with Crippen LogP contribution in [0.5, 0.6) is 5.75 Å². The van der Waals surface area contributed by atoms with Gasteiger partial charge in [0.25, 0.3) is 0 Å². The van der Waals surface area contributed by atoms with Gasteiger partial charge >= 0.3 is 0 Å². The molecule has 3 rings (SSSR count). The molecule has 6 heteroatoms. The summed E-state index contributed by atoms with van der Waals surface area (Å²) in [7, 11) is 0. The Balaban J connectivity index is 1.83. The van der Waals surface area contributed by atoms with Gasteiger partial charge in [0.15, 0.2) is 0 Å². The molecule has 132 valence electrons. The molecule has 0 saturated carbocycles. The Hall–Kier alpha value is -2.56. The van der Waals surface area contributed by atoms with Crippen molar-refractivity contribution < 1.29 is 14.6 Å². The fraction of sp³-hybridized carbons (Fsp3) is 0.100. The van der Waals surface area contributed by atoms with Crippen LogP contribution in [0.3, 0.4) is 0 Å². The topological polar surface area (TPSA) is 62.2 Å². The summed E-state index contributed by atoms with van der Waals surface area (Å²) in [5.41, 5.74) is 2.14. The summed E-state index contributed by atoms with van der Waals surface area (Å²) in [6, 6.07) is 17.5. The van der Waals surface area contributed by atoms with E-state index in [1.165, 1.54) is 6.07 Å². The molecular formula is C20H14Cl2NO3-. The van der Waals surface area contributed by atoms with Crippen LogP contribution in [0.15, 0.2) is 60.7 Å². The third-order valence-corrected chi connectivity index (χ3v) is 4.35. The molecule has 1 heterocycles. The van der Waals surface area contributed by atoms with E-state index in [1.54, 1.807) is 36.4 Å². The van der Waals surface area contributed by atoms with E-state index in [9.17, 15) is 9.90 Å². The van der Waals surface area contributed by atoms with Gasteiger partial charge in [-0.1, -0.05) is 47.5 Å². The summed E-state index contributed by atoms with van der Waals surface area (Å²) in [6.45, 7) is 0.306. The monoisotopic (exact) mass is 386 g/mol. The highest BCUT2D eigenvalue weighted by atomic mass is 35.5. The first-order valence-electron chi connectivity index (χ1n) is 7.85. The molecule has 0 radical (unpaired) electrons. The Morgan fingerprint density at radius 3 is 2.58 bits per heavy atom. The summed E-state index contributed by atoms with van der Waals surface area (Å²) in [4.78, 5) is 15.1. The molecule has 0 bridgehead atoms. The van der Waals surface area contributed by atoms with E-state index in [0.717, 1.165) is 11.1 Å². The van der Waals surface area contributed by atoms with Gasteiger partial charge in [-0.25, -0.2) is 0 Å². The molecular weight excluding hydrogens is 373 g/mol. The Labute approximate surface area is 161 Å². The lowest BCUT2D eigenvalue weighted by Gasteiger charge is -2.13. The number of benzene rings is 2. The Morgan fingerprint density at radius 2 is 1.81 bits per heavy atom. The molecule has 0 aliphatic heterocycles. The van der Waals surface area contributed by atoms with E-state index in [0.29, 0.717) is 34.5 Å². The fourth-order valence-electron chi connectivity index (χ4n) is 2.48. The highest BCUT2D eigenvalue weighted by molar-refractivity contribution is 6.31. The van der Waals surface area contributed by atoms with Crippen molar-refractivity contribution in [3.8, 4) is 5.75 Å². The zero-order chi connectivity index (χ0) is 18.5. The zero-order valence-corrected chi connectivity index (χ0v) is 15.1. The molecule has 0 fully saturated rings. The van der Waals surface area contributed by atoms with Crippen molar-refractivity contribution in [2.75, 3.05) is 0 Å². The number of hydrogen-bond acceptors (Lipinski definition) is 4. The van der Waals surface area contributed by atoms with Gasteiger partial charge in [-0.2, -0.15) is 0 Å². The first-order chi connectivity index (χ1) is 12.5. The van der Waals surface area contributed by atoms with Crippen molar-refractivity contribution in [2.45, 2.75) is 13.0 Å². The Bertz CT molecular complexity index is 944. The maximum absolute atomic E-state index is 11.0. The van der Waals surface area contributed by atoms with E-state index in [4.69, 9.17) is 27.9 Å². The summed E-state index contributed by atoms with van der Waals surface area (Å²) in [6.07, 6.45) is 0.375. The molecule has 26 heavy (non-hydrogen) atoms. The minimum absolute atomic E-state index is 0.108. The van der Waals surface area contributed by atoms with Crippen molar-refractivity contribution >= 4 is 29.2 Å². The number of pyridine rings is 1. The number of aromatic carboxylic acids is 1. The van der Waals surface area contributed by atoms with Crippen molar-refractivity contribution in [2.24, 2.45) is 0 Å². The predicted octanol–water partition coefficient (Wildman–Crippen LogP) is 3.92. The quantitative estimate of drug-likeness (QED) is 0.643. The zero-order valence-electron chi connectivity index (χ0n) is 13.6. The van der Waals surface area contributed by atoms with Crippen molar-refractivity contribution in [3.05, 3.63) is 93.2 Å². The van der Waals surface area contributed by atoms with E-state index in [1.807, 2.05) is 18.2 Å². The Morgan fingerprint density at radius 1 is 1.00 bits per heavy atom. The third kappa shape index (κ3) is 4.54. The SMILES string of the molecule is O=C([O-])c1cccc(Cc2cc(Cl)ccc2OCc2ccccc2Cl)n1. The number of carboxylic acids is 1. The van der Waals surface area contributed by atoms with E-state index in [2.05, 4.69) is 4.98 Å². The second-order valence-corrected chi connectivity index (χ2v) is 6.45. The van der Waals surface area contributed by atoms with Crippen molar-refractivity contribution in [1.82, 2.24) is 4.98 Å². The standard InChI is InChI=1S/C20H15Cl2NO3/c21-15-8-9-19(26-12-13-4-1-2-6-17(13)22)14(10-15)11-16-5-3-7-18(23-16)20(24)25/h1-10H,11-12H2,(H,24,25)/p-1. The maximum Gasteiger partial charge on any atom is 0.123 e. The summed E-state index contributed by atoms with van der Waals surface area (Å²) >= 11 is 12.3. The molecule has 0 amide bonds. The first kappa shape index (κ1) is 18.2. The van der Waals surface area contributed by atoms with Crippen LogP contribution in [0, 0.1) is 0 Å². The average Bonchev–Trinajstić information content (AvgIpc) is 2.62. The number of carbonyl (C=O) groups excluding carboxylic acids is 1. The van der Waals surface area contributed by atoms with Crippen molar-refractivity contribution in [1.29, 1.82) is 0 Å². The van der Waals surface area contributed by atoms with Gasteiger partial charge in [-0.05, 0) is 36.4 Å². The maximum atomic E-state index is 11.0. The lowest BCUT2D eigenvalue weighted by atomic mass is 10.1. The second kappa shape index (κ2) is 8.21. The van der Waals surface area contributed by atoms with Crippen LogP contribution in [0.2, 0.25) is 10.0 Å². The summed E-state index contributed by atoms with van der Waals surface area (Å²) < 4.78 is 5.91. The Kier molecular flexibility index (Phi) is 5.76. The number of rotatable bonds is 6. The first-order valence-corrected chi connectivity index (χ1v) is 8.60. The predicted molar refractivity (Wildman–Crippen MR) is 98.6 cm³/mol. The van der Waals surface area contributed by atoms with E-state index >= 15 is 0 Å². The molecule has 1 aromatic heterocycles. The van der Waals surface area contributed by atoms with Gasteiger partial charge in [0.05, 0.1) is 11.7 Å². The molecule has 0 saturated heterocycles. The average molecular weight is 387 g/mol. The number of carboxylic acid groups (broad SMARTS) is 1. The lowest BCUT2D eigenvalue weighted by Crippen LogP contribution is -2.23. The van der Waals surface area contributed by atoms with Crippen LogP contribution >= 0.6 is 23.2 Å². The lowest BCUT2D eigenvalue weighted by molar-refractivity contribution is -0.255. The minimum atomic E-state index is -1.31. The van der Waals surface area contributed by atoms with E-state index in [-0.39, 0.29) is 5.69 Å². The number of nitrogens with zero attached hydrogens (tertiary/aromatic N) is 1. The van der Waals surface area contributed by atoms with Gasteiger partial charge in [0.1, 0.15) is 12.4 Å². The molecule has 4 nitrogen and oxygen atoms in total. The fourth-order valence-corrected chi connectivity index (χ4v) is 2.87. The summed E-state index contributed by atoms with van der Waals surface area (Å²) in [5, 5.41) is 12.2. The van der Waals surface area contributed by atoms with Crippen LogP contribution in [-0.4, -0.2) is 11.0 Å². The molecule has 0 atom stereocenters. The van der Waals surface area contributed by atoms with Crippen LogP contribution in [0.4, 0.5) is 0 Å². The highest BCUT2D eigenvalue weighted by Gasteiger charge is 2.09. The number of hydrogen-bond donors (Lipinski definition) is 0.